The van der Waals surface area contributed by atoms with E-state index in [4.69, 9.17) is 9.47 Å². The lowest BCUT2D eigenvalue weighted by atomic mass is 10.1. The highest BCUT2D eigenvalue weighted by Crippen LogP contribution is 2.36. The number of carbonyl (C=O) groups excluding carboxylic acids is 1. The van der Waals surface area contributed by atoms with Gasteiger partial charge in [0.25, 0.3) is 5.91 Å². The zero-order chi connectivity index (χ0) is 23.9. The Morgan fingerprint density at radius 1 is 0.941 bits per heavy atom. The lowest BCUT2D eigenvalue weighted by Crippen LogP contribution is -2.26. The molecule has 0 spiro atoms. The van der Waals surface area contributed by atoms with Gasteiger partial charge in [-0.05, 0) is 36.4 Å². The fourth-order valence-corrected chi connectivity index (χ4v) is 3.71. The van der Waals surface area contributed by atoms with E-state index in [-0.39, 0.29) is 18.4 Å². The molecular weight excluding hydrogens is 447 g/mol. The summed E-state index contributed by atoms with van der Waals surface area (Å²) in [6.07, 6.45) is -4.61. The summed E-state index contributed by atoms with van der Waals surface area (Å²) >= 11 is 0. The number of benzene rings is 3. The Hall–Kier alpha value is -4.27. The predicted octanol–water partition coefficient (Wildman–Crippen LogP) is 5.56. The number of rotatable bonds is 4. The molecule has 0 bridgehead atoms. The SMILES string of the molecule is CN(C(=O)c1cccc(-n2nc(C(F)(F)F)cc2-c2ccccc2)c1)c1ccc2c(c1)OCO2. The molecule has 1 amide bonds. The summed E-state index contributed by atoms with van der Waals surface area (Å²) in [5.41, 5.74) is 1.03. The van der Waals surface area contributed by atoms with Gasteiger partial charge < -0.3 is 14.4 Å². The van der Waals surface area contributed by atoms with Crippen LogP contribution in [0.15, 0.2) is 78.9 Å². The summed E-state index contributed by atoms with van der Waals surface area (Å²) in [5, 5.41) is 3.81. The maximum absolute atomic E-state index is 13.5. The van der Waals surface area contributed by atoms with E-state index >= 15 is 0 Å². The number of anilines is 1. The highest BCUT2D eigenvalue weighted by molar-refractivity contribution is 6.06. The first-order chi connectivity index (χ1) is 16.3. The van der Waals surface area contributed by atoms with Crippen molar-refractivity contribution in [1.29, 1.82) is 0 Å². The molecule has 1 aliphatic heterocycles. The van der Waals surface area contributed by atoms with Crippen molar-refractivity contribution in [3.63, 3.8) is 0 Å². The second-order valence-corrected chi connectivity index (χ2v) is 7.64. The number of hydrogen-bond donors (Lipinski definition) is 0. The Balaban J connectivity index is 1.52. The molecule has 4 aromatic rings. The Morgan fingerprint density at radius 3 is 2.47 bits per heavy atom. The number of fused-ring (bicyclic) bond motifs is 1. The zero-order valence-electron chi connectivity index (χ0n) is 17.9. The Morgan fingerprint density at radius 2 is 1.71 bits per heavy atom. The number of nitrogens with zero attached hydrogens (tertiary/aromatic N) is 3. The summed E-state index contributed by atoms with van der Waals surface area (Å²) < 4.78 is 52.2. The number of ether oxygens (including phenoxy) is 2. The van der Waals surface area contributed by atoms with Gasteiger partial charge in [0.05, 0.1) is 11.4 Å². The molecule has 0 radical (unpaired) electrons. The quantitative estimate of drug-likeness (QED) is 0.396. The van der Waals surface area contributed by atoms with E-state index in [2.05, 4.69) is 5.10 Å². The van der Waals surface area contributed by atoms with Crippen molar-refractivity contribution in [1.82, 2.24) is 9.78 Å². The largest absolute Gasteiger partial charge is 0.454 e. The number of carbonyl (C=O) groups is 1. The predicted molar refractivity (Wildman–Crippen MR) is 119 cm³/mol. The zero-order valence-corrected chi connectivity index (χ0v) is 17.9. The molecule has 1 aliphatic rings. The van der Waals surface area contributed by atoms with Crippen molar-refractivity contribution in [2.45, 2.75) is 6.18 Å². The van der Waals surface area contributed by atoms with Crippen LogP contribution in [0.25, 0.3) is 16.9 Å². The molecule has 172 valence electrons. The van der Waals surface area contributed by atoms with Crippen LogP contribution >= 0.6 is 0 Å². The molecule has 0 atom stereocenters. The fraction of sp³-hybridized carbons (Fsp3) is 0.120. The molecule has 0 unspecified atom stereocenters. The van der Waals surface area contributed by atoms with Crippen molar-refractivity contribution in [2.75, 3.05) is 18.7 Å². The van der Waals surface area contributed by atoms with E-state index in [0.717, 1.165) is 6.07 Å². The van der Waals surface area contributed by atoms with E-state index in [1.807, 2.05) is 0 Å². The second kappa shape index (κ2) is 8.26. The third-order valence-corrected chi connectivity index (χ3v) is 5.46. The van der Waals surface area contributed by atoms with Gasteiger partial charge in [-0.1, -0.05) is 36.4 Å². The monoisotopic (exact) mass is 465 g/mol. The van der Waals surface area contributed by atoms with Gasteiger partial charge >= 0.3 is 6.18 Å². The standard InChI is InChI=1S/C25H18F3N3O3/c1-30(18-10-11-21-22(13-18)34-15-33-21)24(32)17-8-5-9-19(12-17)31-20(16-6-3-2-4-7-16)14-23(29-31)25(26,27)28/h2-14H,15H2,1H3. The van der Waals surface area contributed by atoms with Crippen LogP contribution in [0.5, 0.6) is 11.5 Å². The summed E-state index contributed by atoms with van der Waals surface area (Å²) in [6.45, 7) is 0.117. The van der Waals surface area contributed by atoms with Gasteiger partial charge in [-0.3, -0.25) is 4.79 Å². The minimum atomic E-state index is -4.61. The van der Waals surface area contributed by atoms with Crippen molar-refractivity contribution < 1.29 is 27.4 Å². The lowest BCUT2D eigenvalue weighted by molar-refractivity contribution is -0.141. The van der Waals surface area contributed by atoms with Crippen LogP contribution in [0.4, 0.5) is 18.9 Å². The van der Waals surface area contributed by atoms with Crippen LogP contribution in [0.1, 0.15) is 16.1 Å². The van der Waals surface area contributed by atoms with Crippen LogP contribution in [-0.4, -0.2) is 29.5 Å². The maximum Gasteiger partial charge on any atom is 0.435 e. The minimum Gasteiger partial charge on any atom is -0.454 e. The first-order valence-electron chi connectivity index (χ1n) is 10.3. The highest BCUT2D eigenvalue weighted by Gasteiger charge is 2.35. The summed E-state index contributed by atoms with van der Waals surface area (Å²) in [4.78, 5) is 14.6. The molecule has 0 saturated carbocycles. The average Bonchev–Trinajstić information content (AvgIpc) is 3.51. The van der Waals surface area contributed by atoms with E-state index < -0.39 is 11.9 Å². The minimum absolute atomic E-state index is 0.117. The van der Waals surface area contributed by atoms with Gasteiger partial charge in [-0.25, -0.2) is 4.68 Å². The summed E-state index contributed by atoms with van der Waals surface area (Å²) in [6, 6.07) is 21.1. The third kappa shape index (κ3) is 3.96. The molecule has 9 heteroatoms. The van der Waals surface area contributed by atoms with Crippen molar-refractivity contribution in [3.05, 3.63) is 90.1 Å². The van der Waals surface area contributed by atoms with Crippen LogP contribution in [0, 0.1) is 0 Å². The molecule has 3 aromatic carbocycles. The number of alkyl halides is 3. The second-order valence-electron chi connectivity index (χ2n) is 7.64. The summed E-state index contributed by atoms with van der Waals surface area (Å²) in [5.74, 6) is 0.791. The number of hydrogen-bond acceptors (Lipinski definition) is 4. The first kappa shape index (κ1) is 21.6. The molecule has 5 rings (SSSR count). The van der Waals surface area contributed by atoms with E-state index in [1.54, 1.807) is 73.8 Å². The van der Waals surface area contributed by atoms with Crippen LogP contribution in [-0.2, 0) is 6.18 Å². The van der Waals surface area contributed by atoms with Gasteiger partial charge in [0.2, 0.25) is 6.79 Å². The first-order valence-corrected chi connectivity index (χ1v) is 10.3. The number of aromatic nitrogens is 2. The van der Waals surface area contributed by atoms with Crippen LogP contribution in [0.2, 0.25) is 0 Å². The van der Waals surface area contributed by atoms with Gasteiger partial charge in [0.15, 0.2) is 17.2 Å². The third-order valence-electron chi connectivity index (χ3n) is 5.46. The Kier molecular flexibility index (Phi) is 5.24. The van der Waals surface area contributed by atoms with Crippen LogP contribution in [0.3, 0.4) is 0 Å². The topological polar surface area (TPSA) is 56.6 Å². The van der Waals surface area contributed by atoms with E-state index in [0.29, 0.717) is 34.0 Å². The molecular formula is C25H18F3N3O3. The van der Waals surface area contributed by atoms with Gasteiger partial charge in [-0.2, -0.15) is 18.3 Å². The molecule has 0 fully saturated rings. The Bertz CT molecular complexity index is 1370. The van der Waals surface area contributed by atoms with E-state index in [1.165, 1.54) is 15.6 Å². The molecule has 34 heavy (non-hydrogen) atoms. The van der Waals surface area contributed by atoms with Crippen molar-refractivity contribution in [2.24, 2.45) is 0 Å². The average molecular weight is 465 g/mol. The van der Waals surface area contributed by atoms with Crippen molar-refractivity contribution >= 4 is 11.6 Å². The molecule has 0 N–H and O–H groups in total. The number of halogens is 3. The maximum atomic E-state index is 13.5. The molecule has 0 saturated heterocycles. The Labute approximate surface area is 192 Å². The van der Waals surface area contributed by atoms with Gasteiger partial charge in [0.1, 0.15) is 0 Å². The lowest BCUT2D eigenvalue weighted by Gasteiger charge is -2.18. The molecule has 1 aromatic heterocycles. The number of amides is 1. The van der Waals surface area contributed by atoms with E-state index in [9.17, 15) is 18.0 Å². The fourth-order valence-electron chi connectivity index (χ4n) is 3.71. The molecule has 6 nitrogen and oxygen atoms in total. The van der Waals surface area contributed by atoms with Gasteiger partial charge in [-0.15, -0.1) is 0 Å². The molecule has 0 aliphatic carbocycles. The normalized spacial score (nSPS) is 12.6. The van der Waals surface area contributed by atoms with Crippen molar-refractivity contribution in [3.8, 4) is 28.4 Å². The smallest absolute Gasteiger partial charge is 0.435 e. The summed E-state index contributed by atoms with van der Waals surface area (Å²) in [7, 11) is 1.61. The van der Waals surface area contributed by atoms with Crippen LogP contribution < -0.4 is 14.4 Å². The van der Waals surface area contributed by atoms with Gasteiger partial charge in [0, 0.05) is 29.9 Å². The highest BCUT2D eigenvalue weighted by atomic mass is 19.4. The molecule has 2 heterocycles.